The van der Waals surface area contributed by atoms with Crippen LogP contribution in [0.5, 0.6) is 11.5 Å². The van der Waals surface area contributed by atoms with Crippen LogP contribution in [0.25, 0.3) is 0 Å². The van der Waals surface area contributed by atoms with E-state index >= 15 is 0 Å². The molecule has 0 spiro atoms. The van der Waals surface area contributed by atoms with Gasteiger partial charge in [-0.25, -0.2) is 0 Å². The highest BCUT2D eigenvalue weighted by atomic mass is 16.5. The molecule has 0 saturated carbocycles. The van der Waals surface area contributed by atoms with Crippen LogP contribution < -0.4 is 14.8 Å². The largest absolute Gasteiger partial charge is 0.493 e. The van der Waals surface area contributed by atoms with Gasteiger partial charge in [0.05, 0.1) is 19.9 Å². The average molecular weight is 248 g/mol. The molecule has 1 aliphatic heterocycles. The molecule has 1 aliphatic rings. The maximum atomic E-state index is 5.26. The highest BCUT2D eigenvalue weighted by molar-refractivity contribution is 5.67. The standard InChI is InChI=1S/C14H20N2O2/c1-17-13-4-3-12(9-14(13)18-2)16-10-11-5-7-15-8-6-11/h3-4,9-11,15H,5-8H2,1-2H3. The second kappa shape index (κ2) is 6.40. The van der Waals surface area contributed by atoms with E-state index in [0.717, 1.165) is 43.1 Å². The molecule has 4 nitrogen and oxygen atoms in total. The topological polar surface area (TPSA) is 42.8 Å². The fourth-order valence-corrected chi connectivity index (χ4v) is 2.09. The predicted molar refractivity (Wildman–Crippen MR) is 73.3 cm³/mol. The van der Waals surface area contributed by atoms with Crippen LogP contribution in [0.15, 0.2) is 23.2 Å². The molecule has 2 rings (SSSR count). The second-order valence-corrected chi connectivity index (χ2v) is 4.40. The highest BCUT2D eigenvalue weighted by Gasteiger charge is 2.10. The van der Waals surface area contributed by atoms with Crippen molar-refractivity contribution >= 4 is 11.9 Å². The van der Waals surface area contributed by atoms with Crippen LogP contribution in [0, 0.1) is 5.92 Å². The van der Waals surface area contributed by atoms with E-state index in [2.05, 4.69) is 16.5 Å². The van der Waals surface area contributed by atoms with E-state index < -0.39 is 0 Å². The first-order chi connectivity index (χ1) is 8.83. The lowest BCUT2D eigenvalue weighted by molar-refractivity contribution is 0.355. The van der Waals surface area contributed by atoms with E-state index in [9.17, 15) is 0 Å². The van der Waals surface area contributed by atoms with Gasteiger partial charge in [0, 0.05) is 12.3 Å². The summed E-state index contributed by atoms with van der Waals surface area (Å²) in [6, 6.07) is 5.73. The molecule has 4 heteroatoms. The van der Waals surface area contributed by atoms with Crippen LogP contribution in [0.2, 0.25) is 0 Å². The van der Waals surface area contributed by atoms with Crippen LogP contribution in [0.3, 0.4) is 0 Å². The van der Waals surface area contributed by atoms with Crippen molar-refractivity contribution in [2.24, 2.45) is 10.9 Å². The van der Waals surface area contributed by atoms with Gasteiger partial charge in [-0.15, -0.1) is 0 Å². The number of rotatable bonds is 4. The Bertz CT molecular complexity index is 412. The number of nitrogens with zero attached hydrogens (tertiary/aromatic N) is 1. The first kappa shape index (κ1) is 12.9. The SMILES string of the molecule is COc1ccc(N=CC2CCNCC2)cc1OC. The van der Waals surface area contributed by atoms with Crippen LogP contribution in [-0.2, 0) is 0 Å². The van der Waals surface area contributed by atoms with Gasteiger partial charge in [-0.3, -0.25) is 4.99 Å². The van der Waals surface area contributed by atoms with E-state index in [1.807, 2.05) is 18.2 Å². The van der Waals surface area contributed by atoms with Gasteiger partial charge in [-0.2, -0.15) is 0 Å². The van der Waals surface area contributed by atoms with Crippen molar-refractivity contribution in [1.29, 1.82) is 0 Å². The second-order valence-electron chi connectivity index (χ2n) is 4.40. The van der Waals surface area contributed by atoms with Gasteiger partial charge in [0.25, 0.3) is 0 Å². The van der Waals surface area contributed by atoms with Crippen molar-refractivity contribution < 1.29 is 9.47 Å². The zero-order valence-corrected chi connectivity index (χ0v) is 11.0. The van der Waals surface area contributed by atoms with E-state index in [1.165, 1.54) is 0 Å². The minimum absolute atomic E-state index is 0.583. The van der Waals surface area contributed by atoms with Gasteiger partial charge >= 0.3 is 0 Å². The molecule has 18 heavy (non-hydrogen) atoms. The average Bonchev–Trinajstić information content (AvgIpc) is 2.45. The van der Waals surface area contributed by atoms with Crippen LogP contribution in [0.1, 0.15) is 12.8 Å². The number of methoxy groups -OCH3 is 2. The van der Waals surface area contributed by atoms with Gasteiger partial charge in [0.15, 0.2) is 11.5 Å². The zero-order chi connectivity index (χ0) is 12.8. The van der Waals surface area contributed by atoms with E-state index in [0.29, 0.717) is 5.92 Å². The summed E-state index contributed by atoms with van der Waals surface area (Å²) in [5, 5.41) is 3.35. The normalized spacial score (nSPS) is 17.0. The van der Waals surface area contributed by atoms with E-state index in [1.54, 1.807) is 14.2 Å². The molecule has 0 unspecified atom stereocenters. The number of nitrogens with one attached hydrogen (secondary N) is 1. The number of benzene rings is 1. The van der Waals surface area contributed by atoms with Crippen LogP contribution in [0.4, 0.5) is 5.69 Å². The Hall–Kier alpha value is -1.55. The summed E-state index contributed by atoms with van der Waals surface area (Å²) in [4.78, 5) is 4.53. The fraction of sp³-hybridized carbons (Fsp3) is 0.500. The molecule has 1 heterocycles. The van der Waals surface area contributed by atoms with Crippen LogP contribution >= 0.6 is 0 Å². The van der Waals surface area contributed by atoms with E-state index in [4.69, 9.17) is 9.47 Å². The van der Waals surface area contributed by atoms with Gasteiger partial charge in [0.2, 0.25) is 0 Å². The Morgan fingerprint density at radius 3 is 2.56 bits per heavy atom. The molecule has 0 aliphatic carbocycles. The summed E-state index contributed by atoms with van der Waals surface area (Å²) in [6.45, 7) is 2.17. The fourth-order valence-electron chi connectivity index (χ4n) is 2.09. The monoisotopic (exact) mass is 248 g/mol. The van der Waals surface area contributed by atoms with Gasteiger partial charge < -0.3 is 14.8 Å². The van der Waals surface area contributed by atoms with Crippen molar-refractivity contribution in [3.8, 4) is 11.5 Å². The Morgan fingerprint density at radius 2 is 1.89 bits per heavy atom. The third-order valence-electron chi connectivity index (χ3n) is 3.19. The Kier molecular flexibility index (Phi) is 4.59. The summed E-state index contributed by atoms with van der Waals surface area (Å²) >= 11 is 0. The molecule has 1 aromatic carbocycles. The highest BCUT2D eigenvalue weighted by Crippen LogP contribution is 2.31. The first-order valence-corrected chi connectivity index (χ1v) is 6.30. The number of hydrogen-bond donors (Lipinski definition) is 1. The molecular formula is C14H20N2O2. The van der Waals surface area contributed by atoms with Gasteiger partial charge in [-0.05, 0) is 44.0 Å². The maximum Gasteiger partial charge on any atom is 0.162 e. The maximum absolute atomic E-state index is 5.26. The third kappa shape index (κ3) is 3.23. The number of ether oxygens (including phenoxy) is 2. The summed E-state index contributed by atoms with van der Waals surface area (Å²) in [7, 11) is 3.27. The molecule has 1 aromatic rings. The smallest absolute Gasteiger partial charge is 0.162 e. The van der Waals surface area contributed by atoms with Crippen molar-refractivity contribution in [3.63, 3.8) is 0 Å². The van der Waals surface area contributed by atoms with Crippen molar-refractivity contribution in [3.05, 3.63) is 18.2 Å². The van der Waals surface area contributed by atoms with Gasteiger partial charge in [0.1, 0.15) is 0 Å². The predicted octanol–water partition coefficient (Wildman–Crippen LogP) is 2.41. The third-order valence-corrected chi connectivity index (χ3v) is 3.19. The van der Waals surface area contributed by atoms with Crippen molar-refractivity contribution in [2.45, 2.75) is 12.8 Å². The number of hydrogen-bond acceptors (Lipinski definition) is 4. The van der Waals surface area contributed by atoms with Crippen LogP contribution in [-0.4, -0.2) is 33.5 Å². The minimum atomic E-state index is 0.583. The zero-order valence-electron chi connectivity index (χ0n) is 11.0. The molecule has 0 atom stereocenters. The minimum Gasteiger partial charge on any atom is -0.493 e. The summed E-state index contributed by atoms with van der Waals surface area (Å²) in [5.41, 5.74) is 0.909. The lowest BCUT2D eigenvalue weighted by Crippen LogP contribution is -2.28. The van der Waals surface area contributed by atoms with E-state index in [-0.39, 0.29) is 0 Å². The quantitative estimate of drug-likeness (QED) is 0.832. The Balaban J connectivity index is 2.06. The molecule has 0 radical (unpaired) electrons. The summed E-state index contributed by atoms with van der Waals surface area (Å²) in [6.07, 6.45) is 4.38. The number of aliphatic imine (C=N–C) groups is 1. The molecule has 1 fully saturated rings. The summed E-state index contributed by atoms with van der Waals surface area (Å²) in [5.74, 6) is 2.04. The summed E-state index contributed by atoms with van der Waals surface area (Å²) < 4.78 is 10.5. The van der Waals surface area contributed by atoms with Gasteiger partial charge in [-0.1, -0.05) is 0 Å². The molecule has 0 amide bonds. The first-order valence-electron chi connectivity index (χ1n) is 6.30. The molecular weight excluding hydrogens is 228 g/mol. The molecule has 0 bridgehead atoms. The Labute approximate surface area is 108 Å². The lowest BCUT2D eigenvalue weighted by atomic mass is 10.00. The van der Waals surface area contributed by atoms with Crippen molar-refractivity contribution in [2.75, 3.05) is 27.3 Å². The number of piperidine rings is 1. The molecule has 1 N–H and O–H groups in total. The Morgan fingerprint density at radius 1 is 1.17 bits per heavy atom. The lowest BCUT2D eigenvalue weighted by Gasteiger charge is -2.18. The molecule has 1 saturated heterocycles. The van der Waals surface area contributed by atoms with Crippen molar-refractivity contribution in [1.82, 2.24) is 5.32 Å². The molecule has 0 aromatic heterocycles. The molecule has 98 valence electrons.